The number of hydrogen-bond acceptors (Lipinski definition) is 4. The minimum Gasteiger partial charge on any atom is -0.497 e. The Balaban J connectivity index is 1.72. The number of hydrogen-bond donors (Lipinski definition) is 1. The van der Waals surface area contributed by atoms with E-state index in [0.29, 0.717) is 15.8 Å². The minimum atomic E-state index is -0.661. The van der Waals surface area contributed by atoms with E-state index in [1.807, 2.05) is 24.3 Å². The van der Waals surface area contributed by atoms with Crippen molar-refractivity contribution >= 4 is 35.0 Å². The molecule has 1 aliphatic rings. The first-order chi connectivity index (χ1) is 15.9. The molecule has 2 aromatic rings. The number of nitrogens with zero attached hydrogens (tertiary/aromatic N) is 1. The fourth-order valence-electron chi connectivity index (χ4n) is 3.89. The first kappa shape index (κ1) is 25.2. The molecule has 1 aliphatic carbocycles. The van der Waals surface area contributed by atoms with Gasteiger partial charge in [0.05, 0.1) is 12.1 Å². The SMILES string of the molecule is COc1ccc(CN(C(=O)COc2ccc(Cl)cc2Cl)[C@@H](C)C(=O)NC2CCCCC2)cc1. The Morgan fingerprint density at radius 2 is 1.79 bits per heavy atom. The number of carbonyl (C=O) groups excluding carboxylic acids is 2. The smallest absolute Gasteiger partial charge is 0.261 e. The molecular weight excluding hydrogens is 463 g/mol. The molecule has 0 radical (unpaired) electrons. The summed E-state index contributed by atoms with van der Waals surface area (Å²) in [6.45, 7) is 1.76. The molecule has 0 aliphatic heterocycles. The van der Waals surface area contributed by atoms with Crippen LogP contribution in [0, 0.1) is 0 Å². The Bertz CT molecular complexity index is 946. The van der Waals surface area contributed by atoms with Gasteiger partial charge in [0.1, 0.15) is 17.5 Å². The van der Waals surface area contributed by atoms with Crippen LogP contribution in [0.15, 0.2) is 42.5 Å². The maximum atomic E-state index is 13.2. The van der Waals surface area contributed by atoms with Crippen molar-refractivity contribution in [3.63, 3.8) is 0 Å². The highest BCUT2D eigenvalue weighted by atomic mass is 35.5. The summed E-state index contributed by atoms with van der Waals surface area (Å²) < 4.78 is 10.9. The molecule has 2 aromatic carbocycles. The standard InChI is InChI=1S/C25H30Cl2N2O4/c1-17(25(31)28-20-6-4-3-5-7-20)29(15-18-8-11-21(32-2)12-9-18)24(30)16-33-23-13-10-19(26)14-22(23)27/h8-14,17,20H,3-7,15-16H2,1-2H3,(H,28,31)/t17-/m0/s1. The third kappa shape index (κ3) is 7.27. The molecule has 178 valence electrons. The van der Waals surface area contributed by atoms with Gasteiger partial charge in [-0.1, -0.05) is 54.6 Å². The molecule has 3 rings (SSSR count). The molecule has 0 bridgehead atoms. The second kappa shape index (κ2) is 12.1. The van der Waals surface area contributed by atoms with E-state index in [-0.39, 0.29) is 31.0 Å². The van der Waals surface area contributed by atoms with Crippen LogP contribution in [0.1, 0.15) is 44.6 Å². The number of nitrogens with one attached hydrogen (secondary N) is 1. The van der Waals surface area contributed by atoms with E-state index in [9.17, 15) is 9.59 Å². The van der Waals surface area contributed by atoms with E-state index in [0.717, 1.165) is 37.0 Å². The lowest BCUT2D eigenvalue weighted by atomic mass is 9.95. The molecular formula is C25H30Cl2N2O4. The maximum absolute atomic E-state index is 13.2. The lowest BCUT2D eigenvalue weighted by Gasteiger charge is -2.31. The van der Waals surface area contributed by atoms with Crippen LogP contribution in [-0.4, -0.2) is 42.5 Å². The first-order valence-electron chi connectivity index (χ1n) is 11.2. The fourth-order valence-corrected chi connectivity index (χ4v) is 4.36. The largest absolute Gasteiger partial charge is 0.497 e. The van der Waals surface area contributed by atoms with Crippen molar-refractivity contribution in [3.8, 4) is 11.5 Å². The number of methoxy groups -OCH3 is 1. The van der Waals surface area contributed by atoms with Crippen molar-refractivity contribution < 1.29 is 19.1 Å². The lowest BCUT2D eigenvalue weighted by molar-refractivity contribution is -0.142. The lowest BCUT2D eigenvalue weighted by Crippen LogP contribution is -2.51. The van der Waals surface area contributed by atoms with Gasteiger partial charge < -0.3 is 19.7 Å². The zero-order valence-electron chi connectivity index (χ0n) is 19.0. The average Bonchev–Trinajstić information content (AvgIpc) is 2.82. The van der Waals surface area contributed by atoms with Gasteiger partial charge in [-0.2, -0.15) is 0 Å². The van der Waals surface area contributed by atoms with Gasteiger partial charge in [0.2, 0.25) is 5.91 Å². The third-order valence-electron chi connectivity index (χ3n) is 5.88. The Hall–Kier alpha value is -2.44. The summed E-state index contributed by atoms with van der Waals surface area (Å²) in [5.74, 6) is 0.606. The van der Waals surface area contributed by atoms with Crippen LogP contribution < -0.4 is 14.8 Å². The Kier molecular flexibility index (Phi) is 9.27. The maximum Gasteiger partial charge on any atom is 0.261 e. The number of ether oxygens (including phenoxy) is 2. The van der Waals surface area contributed by atoms with Crippen molar-refractivity contribution in [2.75, 3.05) is 13.7 Å². The predicted octanol–water partition coefficient (Wildman–Crippen LogP) is 5.25. The highest BCUT2D eigenvalue weighted by molar-refractivity contribution is 6.35. The number of carbonyl (C=O) groups is 2. The van der Waals surface area contributed by atoms with Gasteiger partial charge in [0.15, 0.2) is 6.61 Å². The number of halogens is 2. The van der Waals surface area contributed by atoms with Gasteiger partial charge in [-0.05, 0) is 55.7 Å². The third-order valence-corrected chi connectivity index (χ3v) is 6.41. The summed E-state index contributed by atoms with van der Waals surface area (Å²) in [7, 11) is 1.60. The molecule has 0 unspecified atom stereocenters. The zero-order chi connectivity index (χ0) is 23.8. The van der Waals surface area contributed by atoms with Crippen LogP contribution in [0.4, 0.5) is 0 Å². The number of benzene rings is 2. The van der Waals surface area contributed by atoms with Crippen LogP contribution in [0.2, 0.25) is 10.0 Å². The van der Waals surface area contributed by atoms with Crippen molar-refractivity contribution in [2.24, 2.45) is 0 Å². The van der Waals surface area contributed by atoms with Gasteiger partial charge in [-0.25, -0.2) is 0 Å². The second-order valence-electron chi connectivity index (χ2n) is 8.25. The van der Waals surface area contributed by atoms with Gasteiger partial charge in [-0.15, -0.1) is 0 Å². The summed E-state index contributed by atoms with van der Waals surface area (Å²) in [4.78, 5) is 27.7. The molecule has 6 nitrogen and oxygen atoms in total. The summed E-state index contributed by atoms with van der Waals surface area (Å²) in [5, 5.41) is 3.92. The molecule has 1 saturated carbocycles. The molecule has 1 fully saturated rings. The fraction of sp³-hybridized carbons (Fsp3) is 0.440. The summed E-state index contributed by atoms with van der Waals surface area (Å²) >= 11 is 12.1. The van der Waals surface area contributed by atoms with Gasteiger partial charge in [0.25, 0.3) is 5.91 Å². The summed E-state index contributed by atoms with van der Waals surface area (Å²) in [6.07, 6.45) is 5.38. The zero-order valence-corrected chi connectivity index (χ0v) is 20.5. The molecule has 33 heavy (non-hydrogen) atoms. The average molecular weight is 493 g/mol. The van der Waals surface area contributed by atoms with E-state index < -0.39 is 6.04 Å². The molecule has 2 amide bonds. The van der Waals surface area contributed by atoms with Crippen molar-refractivity contribution in [1.82, 2.24) is 10.2 Å². The van der Waals surface area contributed by atoms with Crippen molar-refractivity contribution in [1.29, 1.82) is 0 Å². The number of rotatable bonds is 9. The van der Waals surface area contributed by atoms with Crippen LogP contribution >= 0.6 is 23.2 Å². The topological polar surface area (TPSA) is 67.9 Å². The monoisotopic (exact) mass is 492 g/mol. The Labute approximate surface area is 205 Å². The van der Waals surface area contributed by atoms with Gasteiger partial charge in [0, 0.05) is 17.6 Å². The Morgan fingerprint density at radius 1 is 1.09 bits per heavy atom. The Morgan fingerprint density at radius 3 is 2.42 bits per heavy atom. The highest BCUT2D eigenvalue weighted by Gasteiger charge is 2.28. The molecule has 0 heterocycles. The summed E-state index contributed by atoms with van der Waals surface area (Å²) in [5.41, 5.74) is 0.881. The molecule has 1 atom stereocenters. The van der Waals surface area contributed by atoms with Crippen molar-refractivity contribution in [2.45, 2.75) is 57.7 Å². The first-order valence-corrected chi connectivity index (χ1v) is 11.9. The molecule has 0 aromatic heterocycles. The van der Waals surface area contributed by atoms with Crippen LogP contribution in [0.3, 0.4) is 0 Å². The van der Waals surface area contributed by atoms with Crippen LogP contribution in [-0.2, 0) is 16.1 Å². The van der Waals surface area contributed by atoms with E-state index in [4.69, 9.17) is 32.7 Å². The molecule has 0 saturated heterocycles. The normalized spacial score (nSPS) is 14.9. The van der Waals surface area contributed by atoms with Gasteiger partial charge in [-0.3, -0.25) is 9.59 Å². The van der Waals surface area contributed by atoms with E-state index >= 15 is 0 Å². The predicted molar refractivity (Wildman–Crippen MR) is 130 cm³/mol. The summed E-state index contributed by atoms with van der Waals surface area (Å²) in [6, 6.07) is 11.7. The number of amides is 2. The van der Waals surface area contributed by atoms with Crippen LogP contribution in [0.5, 0.6) is 11.5 Å². The molecule has 8 heteroatoms. The van der Waals surface area contributed by atoms with Crippen molar-refractivity contribution in [3.05, 3.63) is 58.1 Å². The van der Waals surface area contributed by atoms with E-state index in [1.165, 1.54) is 11.3 Å². The van der Waals surface area contributed by atoms with Gasteiger partial charge >= 0.3 is 0 Å². The van der Waals surface area contributed by atoms with Crippen LogP contribution in [0.25, 0.3) is 0 Å². The minimum absolute atomic E-state index is 0.159. The second-order valence-corrected chi connectivity index (χ2v) is 9.10. The highest BCUT2D eigenvalue weighted by Crippen LogP contribution is 2.27. The van der Waals surface area contributed by atoms with E-state index in [2.05, 4.69) is 5.32 Å². The molecule has 0 spiro atoms. The molecule has 1 N–H and O–H groups in total. The quantitative estimate of drug-likeness (QED) is 0.519. The van der Waals surface area contributed by atoms with E-state index in [1.54, 1.807) is 32.2 Å².